The molecule has 0 saturated heterocycles. The number of nitrogens with one attached hydrogen (secondary N) is 1. The number of ether oxygens (including phenoxy) is 2. The van der Waals surface area contributed by atoms with Crippen molar-refractivity contribution in [2.45, 2.75) is 36.4 Å². The Hall–Kier alpha value is -3.69. The molecule has 9 heteroatoms. The highest BCUT2D eigenvalue weighted by Crippen LogP contribution is 2.39. The molecule has 1 aliphatic rings. The molecule has 0 fully saturated rings. The molecule has 0 saturated carbocycles. The van der Waals surface area contributed by atoms with Gasteiger partial charge >= 0.3 is 0 Å². The summed E-state index contributed by atoms with van der Waals surface area (Å²) in [4.78, 5) is 25.4. The first-order valence-electron chi connectivity index (χ1n) is 11.5. The Bertz CT molecular complexity index is 1330. The number of carbonyl (C=O) groups is 2. The second kappa shape index (κ2) is 10.9. The molecule has 0 aliphatic carbocycles. The van der Waals surface area contributed by atoms with E-state index >= 15 is 0 Å². The highest BCUT2D eigenvalue weighted by Gasteiger charge is 2.43. The molecule has 3 aromatic carbocycles. The van der Waals surface area contributed by atoms with E-state index in [1.54, 1.807) is 18.2 Å². The van der Waals surface area contributed by atoms with Gasteiger partial charge in [0.15, 0.2) is 11.5 Å². The van der Waals surface area contributed by atoms with E-state index < -0.39 is 28.0 Å². The van der Waals surface area contributed by atoms with E-state index in [-0.39, 0.29) is 23.6 Å². The van der Waals surface area contributed by atoms with Gasteiger partial charge in [-0.25, -0.2) is 8.42 Å². The number of sulfonamides is 1. The van der Waals surface area contributed by atoms with E-state index in [9.17, 15) is 18.0 Å². The van der Waals surface area contributed by atoms with Crippen molar-refractivity contribution in [2.75, 3.05) is 14.2 Å². The van der Waals surface area contributed by atoms with Gasteiger partial charge in [0.05, 0.1) is 25.2 Å². The second-order valence-corrected chi connectivity index (χ2v) is 10.4. The predicted molar refractivity (Wildman–Crippen MR) is 134 cm³/mol. The third-order valence-electron chi connectivity index (χ3n) is 6.19. The number of hydrogen-bond acceptors (Lipinski definition) is 6. The Morgan fingerprint density at radius 3 is 2.17 bits per heavy atom. The largest absolute Gasteiger partial charge is 0.493 e. The van der Waals surface area contributed by atoms with Crippen molar-refractivity contribution in [2.24, 2.45) is 0 Å². The predicted octanol–water partition coefficient (Wildman–Crippen LogP) is 2.75. The van der Waals surface area contributed by atoms with E-state index in [0.29, 0.717) is 24.0 Å². The fourth-order valence-electron chi connectivity index (χ4n) is 4.37. The zero-order valence-corrected chi connectivity index (χ0v) is 20.9. The molecule has 3 aromatic rings. The normalized spacial score (nSPS) is 17.4. The number of carbonyl (C=O) groups excluding carboxylic acids is 2. The first-order valence-corrected chi connectivity index (χ1v) is 12.9. The van der Waals surface area contributed by atoms with Crippen LogP contribution in [0.5, 0.6) is 11.5 Å². The van der Waals surface area contributed by atoms with E-state index in [1.165, 1.54) is 24.6 Å². The Morgan fingerprint density at radius 1 is 1.00 bits per heavy atom. The number of hydrogen-bond donors (Lipinski definition) is 1. The van der Waals surface area contributed by atoms with Gasteiger partial charge < -0.3 is 19.6 Å². The maximum Gasteiger partial charge on any atom is 0.244 e. The Labute approximate surface area is 210 Å². The quantitative estimate of drug-likeness (QED) is 0.446. The number of nitrogens with zero attached hydrogens (tertiary/aromatic N) is 1. The van der Waals surface area contributed by atoms with Crippen molar-refractivity contribution < 1.29 is 27.5 Å². The summed E-state index contributed by atoms with van der Waals surface area (Å²) in [7, 11) is -1.19. The lowest BCUT2D eigenvalue weighted by molar-refractivity contribution is -0.127. The van der Waals surface area contributed by atoms with E-state index in [4.69, 9.17) is 9.47 Å². The topological polar surface area (TPSA) is 102 Å². The van der Waals surface area contributed by atoms with Gasteiger partial charge in [0.25, 0.3) is 0 Å². The summed E-state index contributed by atoms with van der Waals surface area (Å²) < 4.78 is 39.5. The Morgan fingerprint density at radius 2 is 1.58 bits per heavy atom. The summed E-state index contributed by atoms with van der Waals surface area (Å²) in [6, 6.07) is 19.5. The van der Waals surface area contributed by atoms with Gasteiger partial charge in [-0.1, -0.05) is 60.7 Å². The van der Waals surface area contributed by atoms with Crippen LogP contribution >= 0.6 is 0 Å². The third kappa shape index (κ3) is 5.27. The van der Waals surface area contributed by atoms with E-state index in [1.807, 2.05) is 48.5 Å². The Balaban J connectivity index is 1.70. The van der Waals surface area contributed by atoms with Gasteiger partial charge in [-0.3, -0.25) is 4.79 Å². The van der Waals surface area contributed by atoms with Crippen LogP contribution in [0, 0.1) is 0 Å². The molecular formula is C27H28N2O6S. The van der Waals surface area contributed by atoms with Crippen LogP contribution in [-0.2, 0) is 39.0 Å². The fraction of sp³-hybridized carbons (Fsp3) is 0.259. The lowest BCUT2D eigenvalue weighted by Crippen LogP contribution is -2.55. The summed E-state index contributed by atoms with van der Waals surface area (Å²) in [5.41, 5.74) is 2.07. The molecule has 1 N–H and O–H groups in total. The van der Waals surface area contributed by atoms with Crippen LogP contribution < -0.4 is 14.8 Å². The molecule has 0 aromatic heterocycles. The molecular weight excluding hydrogens is 480 g/mol. The summed E-state index contributed by atoms with van der Waals surface area (Å²) >= 11 is 0. The highest BCUT2D eigenvalue weighted by atomic mass is 32.2. The molecule has 0 radical (unpaired) electrons. The van der Waals surface area contributed by atoms with Gasteiger partial charge in [0.2, 0.25) is 15.9 Å². The SMILES string of the molecule is COc1cc2c(cc1OC)S(=O)(=O)N(Cc1ccccc1)[C@@H](C(=O)N[C@H](C=O)Cc1ccccc1)C2. The minimum Gasteiger partial charge on any atom is -0.493 e. The van der Waals surface area contributed by atoms with Crippen molar-refractivity contribution >= 4 is 22.2 Å². The molecule has 1 aliphatic heterocycles. The summed E-state index contributed by atoms with van der Waals surface area (Å²) in [6.07, 6.45) is 1.09. The van der Waals surface area contributed by atoms with Crippen LogP contribution in [0.25, 0.3) is 0 Å². The van der Waals surface area contributed by atoms with Crippen molar-refractivity contribution in [3.63, 3.8) is 0 Å². The molecule has 1 heterocycles. The average molecular weight is 509 g/mol. The van der Waals surface area contributed by atoms with Gasteiger partial charge in [0, 0.05) is 12.6 Å². The van der Waals surface area contributed by atoms with Crippen LogP contribution in [-0.4, -0.2) is 51.2 Å². The monoisotopic (exact) mass is 508 g/mol. The maximum absolute atomic E-state index is 13.8. The van der Waals surface area contributed by atoms with E-state index in [0.717, 1.165) is 11.1 Å². The lowest BCUT2D eigenvalue weighted by Gasteiger charge is -2.36. The third-order valence-corrected chi connectivity index (χ3v) is 8.13. The van der Waals surface area contributed by atoms with Gasteiger partial charge in [-0.15, -0.1) is 0 Å². The smallest absolute Gasteiger partial charge is 0.244 e. The van der Waals surface area contributed by atoms with Crippen LogP contribution in [0.4, 0.5) is 0 Å². The van der Waals surface area contributed by atoms with Crippen molar-refractivity contribution in [3.8, 4) is 11.5 Å². The minimum atomic E-state index is -4.09. The van der Waals surface area contributed by atoms with Crippen LogP contribution in [0.2, 0.25) is 0 Å². The zero-order valence-electron chi connectivity index (χ0n) is 20.1. The van der Waals surface area contributed by atoms with Crippen LogP contribution in [0.1, 0.15) is 16.7 Å². The van der Waals surface area contributed by atoms with Crippen molar-refractivity contribution in [1.82, 2.24) is 9.62 Å². The molecule has 0 bridgehead atoms. The number of aldehydes is 1. The first-order chi connectivity index (χ1) is 17.4. The minimum absolute atomic E-state index is 0.000510. The summed E-state index contributed by atoms with van der Waals surface area (Å²) in [5, 5.41) is 2.75. The molecule has 4 rings (SSSR count). The number of fused-ring (bicyclic) bond motifs is 1. The molecule has 1 amide bonds. The van der Waals surface area contributed by atoms with Crippen molar-refractivity contribution in [3.05, 3.63) is 89.5 Å². The molecule has 0 unspecified atom stereocenters. The standard InChI is InChI=1S/C27H28N2O6S/c1-34-24-15-21-14-23(27(31)28-22(18-30)13-19-9-5-3-6-10-19)29(17-20-11-7-4-8-12-20)36(32,33)26(21)16-25(24)35-2/h3-12,15-16,18,22-23H,13-14,17H2,1-2H3,(H,28,31)/t22-,23+/m0/s1. The van der Waals surface area contributed by atoms with Gasteiger partial charge in [0.1, 0.15) is 12.3 Å². The molecule has 0 spiro atoms. The molecule has 2 atom stereocenters. The fourth-order valence-corrected chi connectivity index (χ4v) is 6.17. The van der Waals surface area contributed by atoms with Gasteiger partial charge in [-0.2, -0.15) is 4.31 Å². The van der Waals surface area contributed by atoms with Crippen molar-refractivity contribution in [1.29, 1.82) is 0 Å². The Kier molecular flexibility index (Phi) is 7.71. The van der Waals surface area contributed by atoms with Gasteiger partial charge in [-0.05, 0) is 35.6 Å². The second-order valence-electron chi connectivity index (χ2n) is 8.51. The molecule has 36 heavy (non-hydrogen) atoms. The highest BCUT2D eigenvalue weighted by molar-refractivity contribution is 7.89. The first kappa shape index (κ1) is 25.4. The number of amides is 1. The lowest BCUT2D eigenvalue weighted by atomic mass is 10.0. The maximum atomic E-state index is 13.8. The van der Waals surface area contributed by atoms with Crippen LogP contribution in [0.15, 0.2) is 77.7 Å². The summed E-state index contributed by atoms with van der Waals surface area (Å²) in [5.74, 6) is 0.117. The summed E-state index contributed by atoms with van der Waals surface area (Å²) in [6.45, 7) is -0.000510. The number of benzene rings is 3. The molecule has 188 valence electrons. The van der Waals surface area contributed by atoms with E-state index in [2.05, 4.69) is 5.32 Å². The number of methoxy groups -OCH3 is 2. The zero-order chi connectivity index (χ0) is 25.7. The van der Waals surface area contributed by atoms with Crippen LogP contribution in [0.3, 0.4) is 0 Å². The molecule has 8 nitrogen and oxygen atoms in total. The average Bonchev–Trinajstić information content (AvgIpc) is 2.90. The number of rotatable bonds is 9.